The van der Waals surface area contributed by atoms with E-state index < -0.39 is 7.82 Å². The summed E-state index contributed by atoms with van der Waals surface area (Å²) >= 11 is 0. The SMILES string of the molecule is CCCOP(=O)(O)O.[NaH]. The van der Waals surface area contributed by atoms with Gasteiger partial charge in [0, 0.05) is 0 Å². The predicted octanol–water partition coefficient (Wildman–Crippen LogP) is -0.143. The van der Waals surface area contributed by atoms with Crippen LogP contribution in [0.4, 0.5) is 0 Å². The van der Waals surface area contributed by atoms with Gasteiger partial charge in [-0.3, -0.25) is 4.52 Å². The standard InChI is InChI=1S/C3H9O4P.Na.H/c1-2-3-7-8(4,5)6;;/h2-3H2,1H3,(H2,4,5,6);;. The Morgan fingerprint density at radius 3 is 2.11 bits per heavy atom. The summed E-state index contributed by atoms with van der Waals surface area (Å²) in [6, 6.07) is 0. The molecule has 0 heterocycles. The predicted molar refractivity (Wildman–Crippen MR) is 35.4 cm³/mol. The summed E-state index contributed by atoms with van der Waals surface area (Å²) in [6.45, 7) is 1.89. The molecule has 0 spiro atoms. The van der Waals surface area contributed by atoms with Crippen LogP contribution in [0.5, 0.6) is 0 Å². The monoisotopic (exact) mass is 164 g/mol. The fourth-order valence-corrected chi connectivity index (χ4v) is 0.631. The van der Waals surface area contributed by atoms with Crippen LogP contribution >= 0.6 is 7.82 Å². The molecule has 52 valence electrons. The summed E-state index contributed by atoms with van der Waals surface area (Å²) in [5.41, 5.74) is 0. The molecule has 0 radical (unpaired) electrons. The molecular formula is C3H10NaO4P. The van der Waals surface area contributed by atoms with Gasteiger partial charge in [-0.05, 0) is 6.42 Å². The van der Waals surface area contributed by atoms with E-state index in [2.05, 4.69) is 4.52 Å². The normalized spacial score (nSPS) is 10.6. The molecule has 6 heteroatoms. The minimum atomic E-state index is -4.18. The molecule has 2 N–H and O–H groups in total. The van der Waals surface area contributed by atoms with Crippen molar-refractivity contribution in [3.8, 4) is 0 Å². The summed E-state index contributed by atoms with van der Waals surface area (Å²) in [5, 5.41) is 0. The molecule has 0 atom stereocenters. The quantitative estimate of drug-likeness (QED) is 0.450. The van der Waals surface area contributed by atoms with E-state index in [4.69, 9.17) is 9.79 Å². The van der Waals surface area contributed by atoms with Crippen LogP contribution in [0.3, 0.4) is 0 Å². The van der Waals surface area contributed by atoms with Crippen molar-refractivity contribution in [2.45, 2.75) is 13.3 Å². The zero-order chi connectivity index (χ0) is 6.62. The molecule has 0 aromatic carbocycles. The number of rotatable bonds is 3. The third-order valence-electron chi connectivity index (χ3n) is 0.464. The Balaban J connectivity index is 0. The van der Waals surface area contributed by atoms with Gasteiger partial charge in [0.05, 0.1) is 6.61 Å². The Hall–Kier alpha value is 1.11. The van der Waals surface area contributed by atoms with Crippen LogP contribution in [0.2, 0.25) is 0 Å². The number of phosphoric acid groups is 1. The van der Waals surface area contributed by atoms with Gasteiger partial charge in [-0.2, -0.15) is 0 Å². The number of phosphoric ester groups is 1. The van der Waals surface area contributed by atoms with Crippen LogP contribution in [-0.2, 0) is 9.09 Å². The first-order valence-electron chi connectivity index (χ1n) is 2.26. The van der Waals surface area contributed by atoms with Crippen molar-refractivity contribution in [3.63, 3.8) is 0 Å². The van der Waals surface area contributed by atoms with Crippen molar-refractivity contribution in [2.75, 3.05) is 6.61 Å². The van der Waals surface area contributed by atoms with Crippen molar-refractivity contribution in [2.24, 2.45) is 0 Å². The third-order valence-corrected chi connectivity index (χ3v) is 0.983. The van der Waals surface area contributed by atoms with E-state index in [-0.39, 0.29) is 36.2 Å². The Bertz CT molecular complexity index is 100.0. The number of hydrogen-bond acceptors (Lipinski definition) is 2. The fourth-order valence-electron chi connectivity index (χ4n) is 0.210. The van der Waals surface area contributed by atoms with Gasteiger partial charge in [-0.1, -0.05) is 6.92 Å². The average molecular weight is 164 g/mol. The van der Waals surface area contributed by atoms with Gasteiger partial charge in [-0.25, -0.2) is 4.57 Å². The second-order valence-electron chi connectivity index (χ2n) is 1.32. The van der Waals surface area contributed by atoms with E-state index in [1.165, 1.54) is 0 Å². The van der Waals surface area contributed by atoms with Gasteiger partial charge in [0.25, 0.3) is 0 Å². The van der Waals surface area contributed by atoms with Gasteiger partial charge in [0.2, 0.25) is 0 Å². The molecule has 0 rings (SSSR count). The van der Waals surface area contributed by atoms with Crippen molar-refractivity contribution >= 4 is 37.4 Å². The average Bonchev–Trinajstić information content (AvgIpc) is 1.59. The van der Waals surface area contributed by atoms with Gasteiger partial charge in [-0.15, -0.1) is 0 Å². The molecule has 9 heavy (non-hydrogen) atoms. The van der Waals surface area contributed by atoms with E-state index in [1.807, 2.05) is 0 Å². The second-order valence-corrected chi connectivity index (χ2v) is 2.56. The first-order chi connectivity index (χ1) is 3.56. The van der Waals surface area contributed by atoms with E-state index >= 15 is 0 Å². The van der Waals surface area contributed by atoms with Gasteiger partial charge in [0.15, 0.2) is 0 Å². The molecule has 0 aliphatic rings. The third kappa shape index (κ3) is 12.3. The topological polar surface area (TPSA) is 66.8 Å². The van der Waals surface area contributed by atoms with Gasteiger partial charge < -0.3 is 9.79 Å². The van der Waals surface area contributed by atoms with Gasteiger partial charge in [0.1, 0.15) is 0 Å². The Kier molecular flexibility index (Phi) is 8.31. The van der Waals surface area contributed by atoms with E-state index in [1.54, 1.807) is 6.92 Å². The van der Waals surface area contributed by atoms with Crippen LogP contribution in [-0.4, -0.2) is 46.0 Å². The van der Waals surface area contributed by atoms with Crippen LogP contribution in [0, 0.1) is 0 Å². The van der Waals surface area contributed by atoms with Crippen molar-refractivity contribution in [1.29, 1.82) is 0 Å². The van der Waals surface area contributed by atoms with E-state index in [0.29, 0.717) is 6.42 Å². The summed E-state index contributed by atoms with van der Waals surface area (Å²) < 4.78 is 13.9. The molecule has 0 aliphatic carbocycles. The van der Waals surface area contributed by atoms with Crippen molar-refractivity contribution in [3.05, 3.63) is 0 Å². The van der Waals surface area contributed by atoms with E-state index in [9.17, 15) is 4.57 Å². The number of hydrogen-bond donors (Lipinski definition) is 2. The molecule has 0 unspecified atom stereocenters. The molecule has 0 bridgehead atoms. The van der Waals surface area contributed by atoms with Gasteiger partial charge >= 0.3 is 37.4 Å². The summed E-state index contributed by atoms with van der Waals surface area (Å²) in [5.74, 6) is 0. The van der Waals surface area contributed by atoms with Crippen LogP contribution in [0.25, 0.3) is 0 Å². The van der Waals surface area contributed by atoms with Crippen LogP contribution < -0.4 is 0 Å². The summed E-state index contributed by atoms with van der Waals surface area (Å²) in [6.07, 6.45) is 0.616. The molecule has 0 fully saturated rings. The first kappa shape index (κ1) is 12.8. The summed E-state index contributed by atoms with van der Waals surface area (Å²) in [4.78, 5) is 16.1. The molecule has 0 aromatic heterocycles. The molecule has 0 amide bonds. The molecule has 4 nitrogen and oxygen atoms in total. The molecule has 0 saturated heterocycles. The molecule has 0 aromatic rings. The Morgan fingerprint density at radius 2 is 2.00 bits per heavy atom. The first-order valence-corrected chi connectivity index (χ1v) is 3.79. The molecular weight excluding hydrogens is 154 g/mol. The van der Waals surface area contributed by atoms with Crippen molar-refractivity contribution < 1.29 is 18.9 Å². The van der Waals surface area contributed by atoms with Crippen molar-refractivity contribution in [1.82, 2.24) is 0 Å². The molecule has 0 aliphatic heterocycles. The maximum absolute atomic E-state index is 9.86. The Morgan fingerprint density at radius 1 is 1.56 bits per heavy atom. The zero-order valence-corrected chi connectivity index (χ0v) is 5.47. The molecule has 0 saturated carbocycles. The summed E-state index contributed by atoms with van der Waals surface area (Å²) in [7, 11) is -4.18. The fraction of sp³-hybridized carbons (Fsp3) is 1.00. The zero-order valence-electron chi connectivity index (χ0n) is 4.57. The van der Waals surface area contributed by atoms with Crippen LogP contribution in [0.1, 0.15) is 13.3 Å². The minimum absolute atomic E-state index is 0. The van der Waals surface area contributed by atoms with E-state index in [0.717, 1.165) is 0 Å². The Labute approximate surface area is 76.1 Å². The maximum atomic E-state index is 9.86. The second kappa shape index (κ2) is 5.86. The van der Waals surface area contributed by atoms with Crippen LogP contribution in [0.15, 0.2) is 0 Å².